The lowest BCUT2D eigenvalue weighted by Crippen LogP contribution is -2.37. The van der Waals surface area contributed by atoms with Gasteiger partial charge < -0.3 is 10.6 Å². The molecule has 130 valence electrons. The molecule has 0 spiro atoms. The molecule has 23 heavy (non-hydrogen) atoms. The van der Waals surface area contributed by atoms with E-state index < -0.39 is 10.0 Å². The zero-order valence-corrected chi connectivity index (χ0v) is 15.0. The van der Waals surface area contributed by atoms with Crippen LogP contribution in [0.3, 0.4) is 0 Å². The molecular formula is C15H24ClN3O3S. The highest BCUT2D eigenvalue weighted by Gasteiger charge is 2.17. The molecule has 6 nitrogen and oxygen atoms in total. The maximum atomic E-state index is 12.0. The van der Waals surface area contributed by atoms with E-state index >= 15 is 0 Å². The van der Waals surface area contributed by atoms with E-state index in [1.165, 1.54) is 24.3 Å². The van der Waals surface area contributed by atoms with Crippen LogP contribution in [0.4, 0.5) is 0 Å². The van der Waals surface area contributed by atoms with Crippen molar-refractivity contribution in [1.82, 2.24) is 15.4 Å². The molecule has 1 aromatic rings. The first-order valence-electron chi connectivity index (χ1n) is 7.52. The van der Waals surface area contributed by atoms with Gasteiger partial charge in [0.1, 0.15) is 0 Å². The Morgan fingerprint density at radius 1 is 1.30 bits per heavy atom. The molecule has 0 bridgehead atoms. The number of nitrogens with one attached hydrogen (secondary N) is 3. The van der Waals surface area contributed by atoms with E-state index in [2.05, 4.69) is 15.4 Å². The summed E-state index contributed by atoms with van der Waals surface area (Å²) in [4.78, 5) is 12.2. The van der Waals surface area contributed by atoms with Gasteiger partial charge in [0.15, 0.2) is 0 Å². The molecule has 8 heteroatoms. The van der Waals surface area contributed by atoms with Crippen molar-refractivity contribution in [3.05, 3.63) is 29.8 Å². The predicted molar refractivity (Wildman–Crippen MR) is 92.5 cm³/mol. The number of hydrogen-bond acceptors (Lipinski definition) is 4. The van der Waals surface area contributed by atoms with E-state index in [4.69, 9.17) is 0 Å². The smallest absolute Gasteiger partial charge is 0.251 e. The molecule has 1 heterocycles. The van der Waals surface area contributed by atoms with Crippen molar-refractivity contribution in [2.75, 3.05) is 13.1 Å². The summed E-state index contributed by atoms with van der Waals surface area (Å²) in [6.45, 7) is 5.11. The number of halogens is 1. The van der Waals surface area contributed by atoms with Gasteiger partial charge in [-0.15, -0.1) is 12.4 Å². The van der Waals surface area contributed by atoms with Crippen LogP contribution in [-0.2, 0) is 10.0 Å². The lowest BCUT2D eigenvalue weighted by molar-refractivity contribution is 0.0950. The Kier molecular flexibility index (Phi) is 7.47. The Morgan fingerprint density at radius 3 is 2.48 bits per heavy atom. The summed E-state index contributed by atoms with van der Waals surface area (Å²) in [5.74, 6) is -0.186. The molecule has 0 saturated carbocycles. The fourth-order valence-electron chi connectivity index (χ4n) is 2.41. The number of hydrogen-bond donors (Lipinski definition) is 3. The number of carbonyl (C=O) groups is 1. The minimum Gasteiger partial charge on any atom is -0.350 e. The summed E-state index contributed by atoms with van der Waals surface area (Å²) in [5, 5.41) is 6.17. The average Bonchev–Trinajstić information content (AvgIpc) is 2.97. The van der Waals surface area contributed by atoms with Crippen molar-refractivity contribution in [2.45, 2.75) is 43.7 Å². The minimum atomic E-state index is -3.52. The first kappa shape index (κ1) is 19.9. The Labute approximate surface area is 143 Å². The Bertz CT molecular complexity index is 611. The number of carbonyl (C=O) groups excluding carboxylic acids is 1. The van der Waals surface area contributed by atoms with Crippen LogP contribution in [0.5, 0.6) is 0 Å². The molecule has 1 amide bonds. The van der Waals surface area contributed by atoms with Crippen LogP contribution in [0.2, 0.25) is 0 Å². The molecule has 0 aliphatic carbocycles. The molecule has 1 saturated heterocycles. The molecule has 1 atom stereocenters. The van der Waals surface area contributed by atoms with E-state index in [-0.39, 0.29) is 29.3 Å². The summed E-state index contributed by atoms with van der Waals surface area (Å²) < 4.78 is 26.5. The molecule has 1 aliphatic rings. The molecule has 3 N–H and O–H groups in total. The molecule has 1 aliphatic heterocycles. The van der Waals surface area contributed by atoms with Gasteiger partial charge in [-0.25, -0.2) is 13.1 Å². The quantitative estimate of drug-likeness (QED) is 0.712. The SMILES string of the molecule is CC(C)NS(=O)(=O)c1ccc(C(=O)NCC2CCCN2)cc1.Cl. The van der Waals surface area contributed by atoms with Gasteiger partial charge in [0, 0.05) is 24.2 Å². The second-order valence-electron chi connectivity index (χ2n) is 5.80. The number of sulfonamides is 1. The summed E-state index contributed by atoms with van der Waals surface area (Å²) >= 11 is 0. The Hall–Kier alpha value is -1.15. The van der Waals surface area contributed by atoms with Crippen molar-refractivity contribution in [2.24, 2.45) is 0 Å². The first-order valence-corrected chi connectivity index (χ1v) is 9.01. The molecule has 2 rings (SSSR count). The maximum Gasteiger partial charge on any atom is 0.251 e. The summed E-state index contributed by atoms with van der Waals surface area (Å²) in [5.41, 5.74) is 0.460. The van der Waals surface area contributed by atoms with Gasteiger partial charge in [-0.3, -0.25) is 4.79 Å². The van der Waals surface area contributed by atoms with E-state index in [0.29, 0.717) is 18.2 Å². The minimum absolute atomic E-state index is 0. The lowest BCUT2D eigenvalue weighted by atomic mass is 10.2. The van der Waals surface area contributed by atoms with Crippen LogP contribution >= 0.6 is 12.4 Å². The second-order valence-corrected chi connectivity index (χ2v) is 7.52. The number of rotatable bonds is 6. The fraction of sp³-hybridized carbons (Fsp3) is 0.533. The standard InChI is InChI=1S/C15H23N3O3S.ClH/c1-11(2)18-22(20,21)14-7-5-12(6-8-14)15(19)17-10-13-4-3-9-16-13;/h5-8,11,13,16,18H,3-4,9-10H2,1-2H3,(H,17,19);1H. The van der Waals surface area contributed by atoms with E-state index in [9.17, 15) is 13.2 Å². The average molecular weight is 362 g/mol. The summed E-state index contributed by atoms with van der Waals surface area (Å²) in [6, 6.07) is 6.13. The number of amides is 1. The van der Waals surface area contributed by atoms with Crippen molar-refractivity contribution < 1.29 is 13.2 Å². The van der Waals surface area contributed by atoms with E-state index in [0.717, 1.165) is 19.4 Å². The highest BCUT2D eigenvalue weighted by molar-refractivity contribution is 7.89. The van der Waals surface area contributed by atoms with Crippen LogP contribution in [0.25, 0.3) is 0 Å². The molecule has 1 unspecified atom stereocenters. The molecule has 1 aromatic carbocycles. The van der Waals surface area contributed by atoms with Crippen molar-refractivity contribution in [1.29, 1.82) is 0 Å². The van der Waals surface area contributed by atoms with Gasteiger partial charge in [-0.2, -0.15) is 0 Å². The summed E-state index contributed by atoms with van der Waals surface area (Å²) in [7, 11) is -3.52. The van der Waals surface area contributed by atoms with Crippen LogP contribution in [0.1, 0.15) is 37.0 Å². The van der Waals surface area contributed by atoms with Gasteiger partial charge >= 0.3 is 0 Å². The summed E-state index contributed by atoms with van der Waals surface area (Å²) in [6.07, 6.45) is 2.20. The second kappa shape index (κ2) is 8.63. The van der Waals surface area contributed by atoms with Crippen molar-refractivity contribution in [3.63, 3.8) is 0 Å². The largest absolute Gasteiger partial charge is 0.350 e. The third-order valence-electron chi connectivity index (χ3n) is 3.49. The van der Waals surface area contributed by atoms with E-state index in [1.54, 1.807) is 13.8 Å². The molecule has 0 aromatic heterocycles. The van der Waals surface area contributed by atoms with Gasteiger partial charge in [-0.05, 0) is 57.5 Å². The van der Waals surface area contributed by atoms with Crippen LogP contribution < -0.4 is 15.4 Å². The third kappa shape index (κ3) is 5.76. The van der Waals surface area contributed by atoms with Gasteiger partial charge in [0.25, 0.3) is 5.91 Å². The highest BCUT2D eigenvalue weighted by Crippen LogP contribution is 2.11. The van der Waals surface area contributed by atoms with Gasteiger partial charge in [0.2, 0.25) is 10.0 Å². The van der Waals surface area contributed by atoms with E-state index in [1.807, 2.05) is 0 Å². The zero-order chi connectivity index (χ0) is 16.2. The van der Waals surface area contributed by atoms with Gasteiger partial charge in [0.05, 0.1) is 4.90 Å². The first-order chi connectivity index (χ1) is 10.4. The lowest BCUT2D eigenvalue weighted by Gasteiger charge is -2.12. The molecular weight excluding hydrogens is 338 g/mol. The monoisotopic (exact) mass is 361 g/mol. The van der Waals surface area contributed by atoms with Crippen LogP contribution in [-0.4, -0.2) is 39.5 Å². The normalized spacial score (nSPS) is 17.8. The topological polar surface area (TPSA) is 87.3 Å². The Balaban J connectivity index is 0.00000264. The molecule has 0 radical (unpaired) electrons. The maximum absolute atomic E-state index is 12.0. The Morgan fingerprint density at radius 2 is 1.96 bits per heavy atom. The van der Waals surface area contributed by atoms with Crippen molar-refractivity contribution in [3.8, 4) is 0 Å². The van der Waals surface area contributed by atoms with Crippen molar-refractivity contribution >= 4 is 28.3 Å². The highest BCUT2D eigenvalue weighted by atomic mass is 35.5. The van der Waals surface area contributed by atoms with Crippen LogP contribution in [0.15, 0.2) is 29.2 Å². The molecule has 1 fully saturated rings. The van der Waals surface area contributed by atoms with Gasteiger partial charge in [-0.1, -0.05) is 0 Å². The predicted octanol–water partition coefficient (Wildman–Crippen LogP) is 1.28. The number of benzene rings is 1. The zero-order valence-electron chi connectivity index (χ0n) is 13.3. The third-order valence-corrected chi connectivity index (χ3v) is 5.16. The fourth-order valence-corrected chi connectivity index (χ4v) is 3.66. The van der Waals surface area contributed by atoms with Crippen LogP contribution in [0, 0.1) is 0 Å².